The molecule has 0 spiro atoms. The number of methoxy groups -OCH3 is 1. The Bertz CT molecular complexity index is 902. The van der Waals surface area contributed by atoms with E-state index in [4.69, 9.17) is 23.7 Å². The molecule has 0 amide bonds. The zero-order chi connectivity index (χ0) is 21.2. The molecule has 0 heterocycles. The predicted octanol–water partition coefficient (Wildman–Crippen LogP) is 3.64. The summed E-state index contributed by atoms with van der Waals surface area (Å²) in [6.45, 7) is 5.65. The van der Waals surface area contributed by atoms with Gasteiger partial charge in [-0.1, -0.05) is 43.0 Å². The first-order chi connectivity index (χ1) is 14.8. The van der Waals surface area contributed by atoms with Gasteiger partial charge in [-0.3, -0.25) is 0 Å². The molecule has 0 radical (unpaired) electrons. The standard InChI is InChI=1S/C24H28O6/c1-3-22(25)29-16-14-27-12-13-28-15-17-30-24-20-10-6-4-8-18(20)23(26-2)19-9-5-7-11-21(19)24/h3-8,10H,1,9,11-17H2,2H3. The SMILES string of the molecule is C=CC(=O)OCCOCCOCCOc1c2c(c(OC)c3ccccc13)CC=CC2. The minimum atomic E-state index is -0.448. The van der Waals surface area contributed by atoms with Crippen molar-refractivity contribution in [1.82, 2.24) is 0 Å². The van der Waals surface area contributed by atoms with Crippen LogP contribution in [-0.2, 0) is 31.8 Å². The summed E-state index contributed by atoms with van der Waals surface area (Å²) in [5, 5.41) is 2.12. The summed E-state index contributed by atoms with van der Waals surface area (Å²) in [6.07, 6.45) is 7.14. The van der Waals surface area contributed by atoms with Crippen molar-refractivity contribution in [3.05, 3.63) is 60.2 Å². The maximum Gasteiger partial charge on any atom is 0.330 e. The van der Waals surface area contributed by atoms with E-state index >= 15 is 0 Å². The van der Waals surface area contributed by atoms with E-state index in [-0.39, 0.29) is 6.61 Å². The van der Waals surface area contributed by atoms with E-state index in [9.17, 15) is 4.79 Å². The Morgan fingerprint density at radius 1 is 0.900 bits per heavy atom. The molecule has 6 nitrogen and oxygen atoms in total. The highest BCUT2D eigenvalue weighted by atomic mass is 16.6. The van der Waals surface area contributed by atoms with Gasteiger partial charge in [0.15, 0.2) is 0 Å². The molecule has 3 rings (SSSR count). The third-order valence-electron chi connectivity index (χ3n) is 4.83. The lowest BCUT2D eigenvalue weighted by Gasteiger charge is -2.22. The number of fused-ring (bicyclic) bond motifs is 2. The van der Waals surface area contributed by atoms with E-state index in [1.54, 1.807) is 7.11 Å². The molecule has 0 fully saturated rings. The van der Waals surface area contributed by atoms with Gasteiger partial charge in [0, 0.05) is 28.0 Å². The summed E-state index contributed by atoms with van der Waals surface area (Å²) in [5.74, 6) is 1.40. The summed E-state index contributed by atoms with van der Waals surface area (Å²) in [4.78, 5) is 10.9. The van der Waals surface area contributed by atoms with Crippen molar-refractivity contribution in [3.63, 3.8) is 0 Å². The summed E-state index contributed by atoms with van der Waals surface area (Å²) >= 11 is 0. The lowest BCUT2D eigenvalue weighted by Crippen LogP contribution is -2.14. The van der Waals surface area contributed by atoms with Crippen molar-refractivity contribution >= 4 is 16.7 Å². The quantitative estimate of drug-likeness (QED) is 0.230. The third-order valence-corrected chi connectivity index (χ3v) is 4.83. The van der Waals surface area contributed by atoms with Crippen LogP contribution in [0.2, 0.25) is 0 Å². The second-order valence-corrected chi connectivity index (χ2v) is 6.69. The van der Waals surface area contributed by atoms with Crippen LogP contribution >= 0.6 is 0 Å². The fourth-order valence-electron chi connectivity index (χ4n) is 3.50. The molecule has 2 aromatic carbocycles. The van der Waals surface area contributed by atoms with Crippen LogP contribution in [0.3, 0.4) is 0 Å². The van der Waals surface area contributed by atoms with E-state index in [2.05, 4.69) is 30.9 Å². The molecule has 160 valence electrons. The van der Waals surface area contributed by atoms with Gasteiger partial charge in [0.2, 0.25) is 0 Å². The van der Waals surface area contributed by atoms with Gasteiger partial charge in [-0.05, 0) is 12.8 Å². The lowest BCUT2D eigenvalue weighted by atomic mass is 9.90. The number of benzene rings is 2. The zero-order valence-corrected chi connectivity index (χ0v) is 17.4. The largest absolute Gasteiger partial charge is 0.496 e. The topological polar surface area (TPSA) is 63.2 Å². The van der Waals surface area contributed by atoms with Gasteiger partial charge in [0.1, 0.15) is 24.7 Å². The first-order valence-electron chi connectivity index (χ1n) is 10.1. The highest BCUT2D eigenvalue weighted by Gasteiger charge is 2.21. The number of rotatable bonds is 12. The normalized spacial score (nSPS) is 12.4. The van der Waals surface area contributed by atoms with Crippen LogP contribution in [0.4, 0.5) is 0 Å². The van der Waals surface area contributed by atoms with Gasteiger partial charge >= 0.3 is 5.97 Å². The van der Waals surface area contributed by atoms with Crippen molar-refractivity contribution in [3.8, 4) is 11.5 Å². The smallest absolute Gasteiger partial charge is 0.330 e. The molecule has 0 aliphatic heterocycles. The number of hydrogen-bond donors (Lipinski definition) is 0. The molecule has 0 unspecified atom stereocenters. The molecule has 6 heteroatoms. The number of allylic oxidation sites excluding steroid dienone is 2. The van der Waals surface area contributed by atoms with Crippen LogP contribution < -0.4 is 9.47 Å². The van der Waals surface area contributed by atoms with Crippen molar-refractivity contribution in [2.75, 3.05) is 46.8 Å². The minimum absolute atomic E-state index is 0.206. The molecule has 0 bridgehead atoms. The molecular formula is C24H28O6. The molecule has 1 aliphatic rings. The fourth-order valence-corrected chi connectivity index (χ4v) is 3.50. The van der Waals surface area contributed by atoms with E-state index in [0.29, 0.717) is 33.0 Å². The number of hydrogen-bond acceptors (Lipinski definition) is 6. The second-order valence-electron chi connectivity index (χ2n) is 6.69. The molecule has 0 N–H and O–H groups in total. The van der Waals surface area contributed by atoms with Crippen LogP contribution in [-0.4, -0.2) is 52.7 Å². The van der Waals surface area contributed by atoms with E-state index in [0.717, 1.165) is 41.2 Å². The highest BCUT2D eigenvalue weighted by molar-refractivity contribution is 5.96. The molecular weight excluding hydrogens is 384 g/mol. The Kier molecular flexibility index (Phi) is 8.30. The van der Waals surface area contributed by atoms with E-state index < -0.39 is 5.97 Å². The third kappa shape index (κ3) is 5.40. The van der Waals surface area contributed by atoms with Crippen molar-refractivity contribution < 1.29 is 28.5 Å². The Morgan fingerprint density at radius 3 is 2.10 bits per heavy atom. The molecule has 30 heavy (non-hydrogen) atoms. The van der Waals surface area contributed by atoms with Crippen LogP contribution in [0, 0.1) is 0 Å². The van der Waals surface area contributed by atoms with Gasteiger partial charge in [0.25, 0.3) is 0 Å². The summed E-state index contributed by atoms with van der Waals surface area (Å²) in [7, 11) is 1.72. The monoisotopic (exact) mass is 412 g/mol. The van der Waals surface area contributed by atoms with Crippen molar-refractivity contribution in [2.24, 2.45) is 0 Å². The first kappa shape index (κ1) is 21.9. The Morgan fingerprint density at radius 2 is 1.47 bits per heavy atom. The Hall–Kier alpha value is -2.83. The first-order valence-corrected chi connectivity index (χ1v) is 10.1. The average molecular weight is 412 g/mol. The maximum atomic E-state index is 10.9. The minimum Gasteiger partial charge on any atom is -0.496 e. The molecule has 0 aromatic heterocycles. The Labute approximate surface area is 177 Å². The number of ether oxygens (including phenoxy) is 5. The Balaban J connectivity index is 1.50. The molecule has 2 aromatic rings. The number of carbonyl (C=O) groups is 1. The maximum absolute atomic E-state index is 10.9. The second kappa shape index (κ2) is 11.4. The zero-order valence-electron chi connectivity index (χ0n) is 17.4. The summed E-state index contributed by atoms with van der Waals surface area (Å²) in [6, 6.07) is 8.17. The van der Waals surface area contributed by atoms with Crippen LogP contribution in [0.1, 0.15) is 11.1 Å². The lowest BCUT2D eigenvalue weighted by molar-refractivity contribution is -0.139. The molecule has 0 atom stereocenters. The van der Waals surface area contributed by atoms with Crippen molar-refractivity contribution in [2.45, 2.75) is 12.8 Å². The fraction of sp³-hybridized carbons (Fsp3) is 0.375. The van der Waals surface area contributed by atoms with Gasteiger partial charge in [-0.15, -0.1) is 0 Å². The van der Waals surface area contributed by atoms with Crippen LogP contribution in [0.15, 0.2) is 49.1 Å². The summed E-state index contributed by atoms with van der Waals surface area (Å²) in [5.41, 5.74) is 2.38. The predicted molar refractivity (Wildman–Crippen MR) is 115 cm³/mol. The number of esters is 1. The van der Waals surface area contributed by atoms with Gasteiger partial charge < -0.3 is 23.7 Å². The van der Waals surface area contributed by atoms with Gasteiger partial charge in [0.05, 0.1) is 33.5 Å². The molecule has 0 saturated heterocycles. The van der Waals surface area contributed by atoms with E-state index in [1.165, 1.54) is 11.1 Å². The van der Waals surface area contributed by atoms with Gasteiger partial charge in [-0.25, -0.2) is 4.79 Å². The highest BCUT2D eigenvalue weighted by Crippen LogP contribution is 2.42. The van der Waals surface area contributed by atoms with Crippen LogP contribution in [0.25, 0.3) is 10.8 Å². The van der Waals surface area contributed by atoms with Gasteiger partial charge in [-0.2, -0.15) is 0 Å². The molecule has 0 saturated carbocycles. The average Bonchev–Trinajstić information content (AvgIpc) is 2.79. The van der Waals surface area contributed by atoms with Crippen LogP contribution in [0.5, 0.6) is 11.5 Å². The molecule has 1 aliphatic carbocycles. The number of carbonyl (C=O) groups excluding carboxylic acids is 1. The summed E-state index contributed by atoms with van der Waals surface area (Å²) < 4.78 is 27.7. The van der Waals surface area contributed by atoms with E-state index in [1.807, 2.05) is 12.1 Å². The van der Waals surface area contributed by atoms with Crippen molar-refractivity contribution in [1.29, 1.82) is 0 Å².